The highest BCUT2D eigenvalue weighted by Crippen LogP contribution is 2.40. The van der Waals surface area contributed by atoms with E-state index in [1.54, 1.807) is 12.3 Å². The molecule has 1 aliphatic rings. The van der Waals surface area contributed by atoms with Gasteiger partial charge in [-0.15, -0.1) is 0 Å². The van der Waals surface area contributed by atoms with Crippen molar-refractivity contribution >= 4 is 38.6 Å². The highest BCUT2D eigenvalue weighted by Gasteiger charge is 2.28. The van der Waals surface area contributed by atoms with Crippen molar-refractivity contribution < 1.29 is 9.21 Å². The molecule has 110 valence electrons. The van der Waals surface area contributed by atoms with Crippen LogP contribution in [0.15, 0.2) is 45.5 Å². The van der Waals surface area contributed by atoms with Crippen LogP contribution in [0.1, 0.15) is 35.0 Å². The largest absolute Gasteiger partial charge is 0.440 e. The average Bonchev–Trinajstić information content (AvgIpc) is 3.27. The van der Waals surface area contributed by atoms with E-state index < -0.39 is 0 Å². The summed E-state index contributed by atoms with van der Waals surface area (Å²) >= 11 is 3.31. The van der Waals surface area contributed by atoms with Crippen LogP contribution in [0.3, 0.4) is 0 Å². The molecule has 1 amide bonds. The summed E-state index contributed by atoms with van der Waals surface area (Å²) in [5.41, 5.74) is 2.71. The minimum absolute atomic E-state index is 0.209. The molecule has 2 aromatic heterocycles. The van der Waals surface area contributed by atoms with Crippen LogP contribution in [0.4, 0.5) is 5.69 Å². The molecule has 1 fully saturated rings. The summed E-state index contributed by atoms with van der Waals surface area (Å²) in [6, 6.07) is 7.20. The molecule has 5 nitrogen and oxygen atoms in total. The van der Waals surface area contributed by atoms with E-state index in [1.165, 1.54) is 6.20 Å². The minimum Gasteiger partial charge on any atom is -0.440 e. The van der Waals surface area contributed by atoms with Gasteiger partial charge < -0.3 is 9.73 Å². The first-order valence-electron chi connectivity index (χ1n) is 7.01. The standard InChI is InChI=1S/C16H12BrN3O2/c17-11-5-10(7-18-8-11)15(21)19-12-3-4-14-13(6-12)20-16(22-14)9-1-2-9/h3-9H,1-2H2,(H,19,21). The lowest BCUT2D eigenvalue weighted by Gasteiger charge is -2.04. The molecule has 0 aliphatic heterocycles. The van der Waals surface area contributed by atoms with Crippen LogP contribution in [-0.4, -0.2) is 15.9 Å². The van der Waals surface area contributed by atoms with E-state index in [1.807, 2.05) is 18.2 Å². The number of carbonyl (C=O) groups excluding carboxylic acids is 1. The zero-order chi connectivity index (χ0) is 15.1. The number of benzene rings is 1. The number of nitrogens with one attached hydrogen (secondary N) is 1. The maximum absolute atomic E-state index is 12.2. The average molecular weight is 358 g/mol. The number of halogens is 1. The Bertz CT molecular complexity index is 871. The number of aromatic nitrogens is 2. The highest BCUT2D eigenvalue weighted by molar-refractivity contribution is 9.10. The van der Waals surface area contributed by atoms with Crippen LogP contribution in [0, 0.1) is 0 Å². The Balaban J connectivity index is 1.59. The molecule has 0 spiro atoms. The van der Waals surface area contributed by atoms with Crippen molar-refractivity contribution in [2.75, 3.05) is 5.32 Å². The van der Waals surface area contributed by atoms with Crippen molar-refractivity contribution in [2.24, 2.45) is 0 Å². The first kappa shape index (κ1) is 13.5. The Morgan fingerprint density at radius 2 is 2.14 bits per heavy atom. The molecule has 1 aliphatic carbocycles. The Hall–Kier alpha value is -2.21. The van der Waals surface area contributed by atoms with Gasteiger partial charge in [-0.2, -0.15) is 0 Å². The van der Waals surface area contributed by atoms with Gasteiger partial charge in [0.2, 0.25) is 0 Å². The molecule has 0 saturated heterocycles. The number of anilines is 1. The molecule has 1 N–H and O–H groups in total. The number of carbonyl (C=O) groups is 1. The first-order valence-corrected chi connectivity index (χ1v) is 7.81. The Morgan fingerprint density at radius 1 is 1.27 bits per heavy atom. The van der Waals surface area contributed by atoms with Gasteiger partial charge in [0.05, 0.1) is 5.56 Å². The first-order chi connectivity index (χ1) is 10.7. The second kappa shape index (κ2) is 5.21. The van der Waals surface area contributed by atoms with Gasteiger partial charge in [0, 0.05) is 28.5 Å². The predicted octanol–water partition coefficient (Wildman–Crippen LogP) is 4.12. The van der Waals surface area contributed by atoms with E-state index in [0.717, 1.165) is 34.3 Å². The van der Waals surface area contributed by atoms with Crippen LogP contribution < -0.4 is 5.32 Å². The van der Waals surface area contributed by atoms with Crippen molar-refractivity contribution in [1.29, 1.82) is 0 Å². The fraction of sp³-hybridized carbons (Fsp3) is 0.188. The molecular weight excluding hydrogens is 346 g/mol. The summed E-state index contributed by atoms with van der Waals surface area (Å²) < 4.78 is 6.48. The smallest absolute Gasteiger partial charge is 0.257 e. The van der Waals surface area contributed by atoms with Gasteiger partial charge >= 0.3 is 0 Å². The van der Waals surface area contributed by atoms with Crippen molar-refractivity contribution in [3.8, 4) is 0 Å². The Labute approximate surface area is 134 Å². The number of oxazole rings is 1. The fourth-order valence-electron chi connectivity index (χ4n) is 2.27. The van der Waals surface area contributed by atoms with Gasteiger partial charge in [0.1, 0.15) is 5.52 Å². The quantitative estimate of drug-likeness (QED) is 0.765. The van der Waals surface area contributed by atoms with Crippen molar-refractivity contribution in [3.05, 3.63) is 52.6 Å². The third-order valence-electron chi connectivity index (χ3n) is 3.56. The molecule has 1 aromatic carbocycles. The van der Waals surface area contributed by atoms with E-state index in [0.29, 0.717) is 17.2 Å². The normalized spacial score (nSPS) is 14.2. The Morgan fingerprint density at radius 3 is 2.91 bits per heavy atom. The van der Waals surface area contributed by atoms with E-state index in [9.17, 15) is 4.79 Å². The molecule has 22 heavy (non-hydrogen) atoms. The molecular formula is C16H12BrN3O2. The van der Waals surface area contributed by atoms with Crippen LogP contribution in [0.2, 0.25) is 0 Å². The van der Waals surface area contributed by atoms with Crippen LogP contribution >= 0.6 is 15.9 Å². The molecule has 6 heteroatoms. The summed E-state index contributed by atoms with van der Waals surface area (Å²) in [6.07, 6.45) is 5.45. The fourth-order valence-corrected chi connectivity index (χ4v) is 2.63. The predicted molar refractivity (Wildman–Crippen MR) is 85.9 cm³/mol. The molecule has 4 rings (SSSR count). The topological polar surface area (TPSA) is 68.0 Å². The molecule has 2 heterocycles. The number of amides is 1. The molecule has 0 atom stereocenters. The third-order valence-corrected chi connectivity index (χ3v) is 3.99. The lowest BCUT2D eigenvalue weighted by atomic mass is 10.2. The van der Waals surface area contributed by atoms with Crippen molar-refractivity contribution in [3.63, 3.8) is 0 Å². The van der Waals surface area contributed by atoms with E-state index in [4.69, 9.17) is 4.42 Å². The van der Waals surface area contributed by atoms with Gasteiger partial charge in [-0.3, -0.25) is 9.78 Å². The molecule has 0 bridgehead atoms. The van der Waals surface area contributed by atoms with Gasteiger partial charge in [-0.05, 0) is 53.0 Å². The summed E-state index contributed by atoms with van der Waals surface area (Å²) in [5, 5.41) is 2.85. The van der Waals surface area contributed by atoms with Gasteiger partial charge in [-0.1, -0.05) is 0 Å². The summed E-state index contributed by atoms with van der Waals surface area (Å²) in [5.74, 6) is 1.06. The van der Waals surface area contributed by atoms with Crippen molar-refractivity contribution in [1.82, 2.24) is 9.97 Å². The highest BCUT2D eigenvalue weighted by atomic mass is 79.9. The summed E-state index contributed by atoms with van der Waals surface area (Å²) in [4.78, 5) is 20.7. The second-order valence-electron chi connectivity index (χ2n) is 5.35. The van der Waals surface area contributed by atoms with E-state index in [-0.39, 0.29) is 5.91 Å². The minimum atomic E-state index is -0.209. The van der Waals surface area contributed by atoms with E-state index >= 15 is 0 Å². The number of fused-ring (bicyclic) bond motifs is 1. The molecule has 0 unspecified atom stereocenters. The van der Waals surface area contributed by atoms with Crippen LogP contribution in [0.5, 0.6) is 0 Å². The number of rotatable bonds is 3. The summed E-state index contributed by atoms with van der Waals surface area (Å²) in [6.45, 7) is 0. The lowest BCUT2D eigenvalue weighted by molar-refractivity contribution is 0.102. The van der Waals surface area contributed by atoms with Gasteiger partial charge in [0.25, 0.3) is 5.91 Å². The molecule has 3 aromatic rings. The van der Waals surface area contributed by atoms with Gasteiger partial charge in [0.15, 0.2) is 11.5 Å². The number of pyridine rings is 1. The lowest BCUT2D eigenvalue weighted by Crippen LogP contribution is -2.12. The maximum Gasteiger partial charge on any atom is 0.257 e. The van der Waals surface area contributed by atoms with Crippen LogP contribution in [-0.2, 0) is 0 Å². The monoisotopic (exact) mass is 357 g/mol. The van der Waals surface area contributed by atoms with Gasteiger partial charge in [-0.25, -0.2) is 4.98 Å². The number of nitrogens with zero attached hydrogens (tertiary/aromatic N) is 2. The number of hydrogen-bond donors (Lipinski definition) is 1. The van der Waals surface area contributed by atoms with Crippen molar-refractivity contribution in [2.45, 2.75) is 18.8 Å². The number of hydrogen-bond acceptors (Lipinski definition) is 4. The zero-order valence-electron chi connectivity index (χ0n) is 11.5. The maximum atomic E-state index is 12.2. The molecule has 0 radical (unpaired) electrons. The second-order valence-corrected chi connectivity index (χ2v) is 6.27. The van der Waals surface area contributed by atoms with Crippen LogP contribution in [0.25, 0.3) is 11.1 Å². The Kier molecular flexibility index (Phi) is 3.18. The third kappa shape index (κ3) is 2.62. The molecule has 1 saturated carbocycles. The van der Waals surface area contributed by atoms with E-state index in [2.05, 4.69) is 31.2 Å². The SMILES string of the molecule is O=C(Nc1ccc2oc(C3CC3)nc2c1)c1cncc(Br)c1. The summed E-state index contributed by atoms with van der Waals surface area (Å²) in [7, 11) is 0. The zero-order valence-corrected chi connectivity index (χ0v) is 13.1.